The van der Waals surface area contributed by atoms with E-state index in [4.69, 9.17) is 4.74 Å². The minimum atomic E-state index is -1.09. The molecule has 0 heterocycles. The number of para-hydroxylation sites is 1. The Bertz CT molecular complexity index is 697. The highest BCUT2D eigenvalue weighted by atomic mass is 16.5. The van der Waals surface area contributed by atoms with Gasteiger partial charge in [-0.3, -0.25) is 9.59 Å². The standard InChI is InChI=1S/C20H23NO4/c1-3-21(16-7-5-4-6-8-16)19(22)18(20(23)24)14-11-15-9-12-17(25-2)13-10-15/h4-10,12-13,18H,3,11,14H2,1-2H3,(H,23,24). The van der Waals surface area contributed by atoms with Crippen molar-refractivity contribution in [1.82, 2.24) is 0 Å². The topological polar surface area (TPSA) is 66.8 Å². The van der Waals surface area contributed by atoms with E-state index in [-0.39, 0.29) is 12.3 Å². The molecule has 0 aliphatic carbocycles. The van der Waals surface area contributed by atoms with E-state index >= 15 is 0 Å². The first-order valence-corrected chi connectivity index (χ1v) is 8.29. The van der Waals surface area contributed by atoms with Gasteiger partial charge in [0.25, 0.3) is 0 Å². The maximum absolute atomic E-state index is 12.8. The number of methoxy groups -OCH3 is 1. The first kappa shape index (κ1) is 18.5. The second-order valence-corrected chi connectivity index (χ2v) is 5.70. The number of anilines is 1. The van der Waals surface area contributed by atoms with Crippen LogP contribution in [0.15, 0.2) is 54.6 Å². The maximum Gasteiger partial charge on any atom is 0.316 e. The number of carboxylic acid groups (broad SMARTS) is 1. The summed E-state index contributed by atoms with van der Waals surface area (Å²) in [6.45, 7) is 2.27. The Morgan fingerprint density at radius 3 is 2.24 bits per heavy atom. The van der Waals surface area contributed by atoms with Gasteiger partial charge < -0.3 is 14.7 Å². The first-order chi connectivity index (χ1) is 12.1. The molecular formula is C20H23NO4. The van der Waals surface area contributed by atoms with E-state index < -0.39 is 11.9 Å². The van der Waals surface area contributed by atoms with Crippen molar-refractivity contribution in [1.29, 1.82) is 0 Å². The Morgan fingerprint density at radius 2 is 1.72 bits per heavy atom. The molecule has 0 aliphatic heterocycles. The zero-order valence-electron chi connectivity index (χ0n) is 14.5. The van der Waals surface area contributed by atoms with E-state index in [2.05, 4.69) is 0 Å². The third-order valence-corrected chi connectivity index (χ3v) is 4.13. The Kier molecular flexibility index (Phi) is 6.57. The number of hydrogen-bond donors (Lipinski definition) is 1. The molecule has 2 aromatic carbocycles. The minimum absolute atomic E-state index is 0.254. The van der Waals surface area contributed by atoms with Gasteiger partial charge in [-0.25, -0.2) is 0 Å². The van der Waals surface area contributed by atoms with E-state index in [1.54, 1.807) is 7.11 Å². The van der Waals surface area contributed by atoms with Crippen LogP contribution in [0.5, 0.6) is 5.75 Å². The Hall–Kier alpha value is -2.82. The van der Waals surface area contributed by atoms with E-state index in [9.17, 15) is 14.7 Å². The molecule has 1 unspecified atom stereocenters. The van der Waals surface area contributed by atoms with Crippen molar-refractivity contribution in [2.75, 3.05) is 18.6 Å². The number of benzene rings is 2. The molecule has 0 radical (unpaired) electrons. The molecule has 5 heteroatoms. The predicted octanol–water partition coefficient (Wildman–Crippen LogP) is 3.38. The Morgan fingerprint density at radius 1 is 1.08 bits per heavy atom. The number of hydrogen-bond acceptors (Lipinski definition) is 3. The molecule has 1 N–H and O–H groups in total. The van der Waals surface area contributed by atoms with Crippen molar-refractivity contribution in [2.45, 2.75) is 19.8 Å². The highest BCUT2D eigenvalue weighted by molar-refractivity contribution is 6.05. The normalized spacial score (nSPS) is 11.6. The van der Waals surface area contributed by atoms with Gasteiger partial charge in [0.2, 0.25) is 5.91 Å². The Balaban J connectivity index is 2.10. The first-order valence-electron chi connectivity index (χ1n) is 8.29. The van der Waals surface area contributed by atoms with Gasteiger partial charge in [0.15, 0.2) is 0 Å². The summed E-state index contributed by atoms with van der Waals surface area (Å²) in [5.41, 5.74) is 1.69. The lowest BCUT2D eigenvalue weighted by Gasteiger charge is -2.24. The van der Waals surface area contributed by atoms with Gasteiger partial charge in [0.05, 0.1) is 7.11 Å². The SMILES string of the molecule is CCN(C(=O)C(CCc1ccc(OC)cc1)C(=O)O)c1ccccc1. The second kappa shape index (κ2) is 8.87. The molecule has 2 aromatic rings. The third-order valence-electron chi connectivity index (χ3n) is 4.13. The fraction of sp³-hybridized carbons (Fsp3) is 0.300. The van der Waals surface area contributed by atoms with Crippen molar-refractivity contribution < 1.29 is 19.4 Å². The van der Waals surface area contributed by atoms with Gasteiger partial charge in [0.1, 0.15) is 11.7 Å². The van der Waals surface area contributed by atoms with Crippen molar-refractivity contribution >= 4 is 17.6 Å². The van der Waals surface area contributed by atoms with Crippen LogP contribution < -0.4 is 9.64 Å². The number of nitrogens with zero attached hydrogens (tertiary/aromatic N) is 1. The summed E-state index contributed by atoms with van der Waals surface area (Å²) < 4.78 is 5.11. The highest BCUT2D eigenvalue weighted by Crippen LogP contribution is 2.20. The quantitative estimate of drug-likeness (QED) is 0.748. The van der Waals surface area contributed by atoms with Gasteiger partial charge in [-0.15, -0.1) is 0 Å². The number of carbonyl (C=O) groups is 2. The van der Waals surface area contributed by atoms with Crippen LogP contribution >= 0.6 is 0 Å². The summed E-state index contributed by atoms with van der Waals surface area (Å²) in [6, 6.07) is 16.6. The van der Waals surface area contributed by atoms with E-state index in [0.29, 0.717) is 18.7 Å². The summed E-state index contributed by atoms with van der Waals surface area (Å²) in [4.78, 5) is 25.9. The smallest absolute Gasteiger partial charge is 0.316 e. The second-order valence-electron chi connectivity index (χ2n) is 5.70. The minimum Gasteiger partial charge on any atom is -0.497 e. The largest absolute Gasteiger partial charge is 0.497 e. The van der Waals surface area contributed by atoms with Gasteiger partial charge in [-0.05, 0) is 49.6 Å². The lowest BCUT2D eigenvalue weighted by Crippen LogP contribution is -2.39. The zero-order chi connectivity index (χ0) is 18.2. The molecule has 0 saturated carbocycles. The molecule has 132 valence electrons. The lowest BCUT2D eigenvalue weighted by molar-refractivity contribution is -0.146. The molecule has 25 heavy (non-hydrogen) atoms. The maximum atomic E-state index is 12.8. The van der Waals surface area contributed by atoms with Gasteiger partial charge in [-0.2, -0.15) is 0 Å². The van der Waals surface area contributed by atoms with Gasteiger partial charge >= 0.3 is 5.97 Å². The third kappa shape index (κ3) is 4.83. The number of aliphatic carboxylic acids is 1. The molecule has 2 rings (SSSR count). The van der Waals surface area contributed by atoms with Crippen LogP contribution in [0, 0.1) is 5.92 Å². The van der Waals surface area contributed by atoms with E-state index in [1.165, 1.54) is 4.90 Å². The van der Waals surface area contributed by atoms with Crippen LogP contribution in [0.2, 0.25) is 0 Å². The van der Waals surface area contributed by atoms with Gasteiger partial charge in [-0.1, -0.05) is 30.3 Å². The molecule has 0 saturated heterocycles. The fourth-order valence-electron chi connectivity index (χ4n) is 2.72. The van der Waals surface area contributed by atoms with Crippen molar-refractivity contribution in [3.8, 4) is 5.75 Å². The van der Waals surface area contributed by atoms with Crippen LogP contribution in [-0.4, -0.2) is 30.6 Å². The molecule has 1 amide bonds. The Labute approximate surface area is 147 Å². The van der Waals surface area contributed by atoms with Gasteiger partial charge in [0, 0.05) is 12.2 Å². The average Bonchev–Trinajstić information content (AvgIpc) is 2.63. The number of ether oxygens (including phenoxy) is 1. The number of amides is 1. The number of rotatable bonds is 8. The summed E-state index contributed by atoms with van der Waals surface area (Å²) in [5.74, 6) is -1.79. The zero-order valence-corrected chi connectivity index (χ0v) is 14.5. The highest BCUT2D eigenvalue weighted by Gasteiger charge is 2.30. The molecule has 0 aromatic heterocycles. The van der Waals surface area contributed by atoms with Crippen molar-refractivity contribution in [2.24, 2.45) is 5.92 Å². The number of aryl methyl sites for hydroxylation is 1. The summed E-state index contributed by atoms with van der Waals surface area (Å²) >= 11 is 0. The summed E-state index contributed by atoms with van der Waals surface area (Å²) in [5, 5.41) is 9.53. The number of carboxylic acids is 1. The predicted molar refractivity (Wildman–Crippen MR) is 96.9 cm³/mol. The molecule has 5 nitrogen and oxygen atoms in total. The molecule has 1 atom stereocenters. The van der Waals surface area contributed by atoms with Crippen LogP contribution in [0.1, 0.15) is 18.9 Å². The fourth-order valence-corrected chi connectivity index (χ4v) is 2.72. The van der Waals surface area contributed by atoms with E-state index in [0.717, 1.165) is 11.3 Å². The van der Waals surface area contributed by atoms with Crippen LogP contribution in [0.3, 0.4) is 0 Å². The van der Waals surface area contributed by atoms with Crippen molar-refractivity contribution in [3.63, 3.8) is 0 Å². The van der Waals surface area contributed by atoms with Crippen LogP contribution in [0.25, 0.3) is 0 Å². The lowest BCUT2D eigenvalue weighted by atomic mass is 9.97. The van der Waals surface area contributed by atoms with Crippen molar-refractivity contribution in [3.05, 3.63) is 60.2 Å². The summed E-state index contributed by atoms with van der Waals surface area (Å²) in [6.07, 6.45) is 0.767. The molecular weight excluding hydrogens is 318 g/mol. The van der Waals surface area contributed by atoms with Crippen LogP contribution in [0.4, 0.5) is 5.69 Å². The summed E-state index contributed by atoms with van der Waals surface area (Å²) in [7, 11) is 1.59. The molecule has 0 aliphatic rings. The molecule has 0 spiro atoms. The van der Waals surface area contributed by atoms with E-state index in [1.807, 2.05) is 61.5 Å². The number of carbonyl (C=O) groups excluding carboxylic acids is 1. The monoisotopic (exact) mass is 341 g/mol. The average molecular weight is 341 g/mol. The molecule has 0 fully saturated rings. The van der Waals surface area contributed by atoms with Crippen LogP contribution in [-0.2, 0) is 16.0 Å². The molecule has 0 bridgehead atoms.